The van der Waals surface area contributed by atoms with Gasteiger partial charge < -0.3 is 10.1 Å². The van der Waals surface area contributed by atoms with E-state index in [0.717, 1.165) is 82.9 Å². The molecule has 0 heterocycles. The summed E-state index contributed by atoms with van der Waals surface area (Å²) in [6.45, 7) is 5.24. The number of carbonyl (C=O) groups is 1. The molecule has 3 heteroatoms. The first-order chi connectivity index (χ1) is 20.8. The van der Waals surface area contributed by atoms with Gasteiger partial charge in [0.1, 0.15) is 5.76 Å². The van der Waals surface area contributed by atoms with Crippen LogP contribution in [0.15, 0.2) is 96.5 Å². The molecule has 0 bridgehead atoms. The van der Waals surface area contributed by atoms with E-state index in [2.05, 4.69) is 98.2 Å². The van der Waals surface area contributed by atoms with Gasteiger partial charge in [0.2, 0.25) is 0 Å². The molecule has 0 aromatic rings. The second-order valence-electron chi connectivity index (χ2n) is 11.0. The lowest BCUT2D eigenvalue weighted by atomic mass is 10.1. The van der Waals surface area contributed by atoms with E-state index in [4.69, 9.17) is 4.74 Å². The molecular formula is C39H61NO2. The quantitative estimate of drug-likeness (QED) is 0.0633. The van der Waals surface area contributed by atoms with Gasteiger partial charge >= 0.3 is 5.97 Å². The van der Waals surface area contributed by atoms with Crippen molar-refractivity contribution < 1.29 is 9.53 Å². The lowest BCUT2D eigenvalue weighted by Crippen LogP contribution is -2.17. The van der Waals surface area contributed by atoms with Crippen molar-refractivity contribution in [3.05, 3.63) is 96.5 Å². The molecule has 0 aromatic carbocycles. The molecular weight excluding hydrogens is 514 g/mol. The smallest absolute Gasteiger partial charge is 0.310 e. The number of carbonyl (C=O) groups excluding carboxylic acids is 1. The van der Waals surface area contributed by atoms with Crippen LogP contribution in [-0.4, -0.2) is 12.5 Å². The van der Waals surface area contributed by atoms with E-state index >= 15 is 0 Å². The minimum absolute atomic E-state index is 0.0764. The van der Waals surface area contributed by atoms with Crippen molar-refractivity contribution in [1.29, 1.82) is 0 Å². The molecule has 0 aliphatic heterocycles. The molecule has 0 amide bonds. The highest BCUT2D eigenvalue weighted by Crippen LogP contribution is 2.19. The van der Waals surface area contributed by atoms with Gasteiger partial charge in [-0.2, -0.15) is 0 Å². The molecule has 3 nitrogen and oxygen atoms in total. The minimum Gasteiger partial charge on any atom is -0.431 e. The third-order valence-electron chi connectivity index (χ3n) is 7.15. The Morgan fingerprint density at radius 2 is 1.21 bits per heavy atom. The van der Waals surface area contributed by atoms with E-state index in [0.29, 0.717) is 6.42 Å². The van der Waals surface area contributed by atoms with Gasteiger partial charge in [0, 0.05) is 25.1 Å². The fourth-order valence-electron chi connectivity index (χ4n) is 4.63. The van der Waals surface area contributed by atoms with Crippen LogP contribution in [0.2, 0.25) is 0 Å². The summed E-state index contributed by atoms with van der Waals surface area (Å²) >= 11 is 0. The fraction of sp³-hybridized carbons (Fsp3) is 0.564. The van der Waals surface area contributed by atoms with Gasteiger partial charge in [-0.05, 0) is 96.1 Å². The lowest BCUT2D eigenvalue weighted by molar-refractivity contribution is -0.139. The Kier molecular flexibility index (Phi) is 26.3. The zero-order valence-electron chi connectivity index (χ0n) is 27.0. The number of ether oxygens (including phenoxy) is 1. The van der Waals surface area contributed by atoms with E-state index in [1.165, 1.54) is 50.6 Å². The van der Waals surface area contributed by atoms with Gasteiger partial charge in [-0.3, -0.25) is 4.79 Å². The number of hydrogen-bond donors (Lipinski definition) is 1. The molecule has 0 unspecified atom stereocenters. The highest BCUT2D eigenvalue weighted by molar-refractivity contribution is 5.70. The van der Waals surface area contributed by atoms with Gasteiger partial charge in [-0.25, -0.2) is 0 Å². The average Bonchev–Trinajstić information content (AvgIpc) is 3.00. The minimum atomic E-state index is -0.0764. The molecule has 0 radical (unpaired) electrons. The number of hydrogen-bond acceptors (Lipinski definition) is 3. The van der Waals surface area contributed by atoms with E-state index < -0.39 is 0 Å². The SMILES string of the molecule is C/C=C/CCCCCCCCCC(=O)OC1=CC=C(NCCCC/C=C\C/C=C\C/C=C\C/C=C\C/C=C\CC)CC1. The number of rotatable bonds is 26. The van der Waals surface area contributed by atoms with Crippen LogP contribution in [0.3, 0.4) is 0 Å². The number of nitrogens with one attached hydrogen (secondary N) is 1. The maximum Gasteiger partial charge on any atom is 0.310 e. The molecule has 0 saturated carbocycles. The first-order valence-corrected chi connectivity index (χ1v) is 17.0. The number of unbranched alkanes of at least 4 members (excludes halogenated alkanes) is 9. The summed E-state index contributed by atoms with van der Waals surface area (Å²) in [5.41, 5.74) is 1.25. The predicted octanol–water partition coefficient (Wildman–Crippen LogP) is 11.7. The number of allylic oxidation sites excluding steroid dienone is 16. The van der Waals surface area contributed by atoms with Crippen LogP contribution in [0.25, 0.3) is 0 Å². The average molecular weight is 576 g/mol. The molecule has 1 aliphatic rings. The van der Waals surface area contributed by atoms with Crippen LogP contribution in [-0.2, 0) is 9.53 Å². The molecule has 1 aliphatic carbocycles. The van der Waals surface area contributed by atoms with Crippen molar-refractivity contribution >= 4 is 5.97 Å². The largest absolute Gasteiger partial charge is 0.431 e. The van der Waals surface area contributed by atoms with Crippen LogP contribution < -0.4 is 5.32 Å². The highest BCUT2D eigenvalue weighted by atomic mass is 16.5. The van der Waals surface area contributed by atoms with Crippen LogP contribution in [0, 0.1) is 0 Å². The van der Waals surface area contributed by atoms with Crippen molar-refractivity contribution in [1.82, 2.24) is 5.32 Å². The molecule has 0 spiro atoms. The van der Waals surface area contributed by atoms with Gasteiger partial charge in [0.05, 0.1) is 0 Å². The molecule has 0 atom stereocenters. The summed E-state index contributed by atoms with van der Waals surface area (Å²) in [5.74, 6) is 0.734. The topological polar surface area (TPSA) is 38.3 Å². The Labute approximate surface area is 259 Å². The predicted molar refractivity (Wildman–Crippen MR) is 184 cm³/mol. The zero-order valence-corrected chi connectivity index (χ0v) is 27.0. The Hall–Kier alpha value is -2.81. The van der Waals surface area contributed by atoms with Crippen LogP contribution in [0.5, 0.6) is 0 Å². The maximum absolute atomic E-state index is 12.2. The maximum atomic E-state index is 12.2. The van der Waals surface area contributed by atoms with Crippen LogP contribution in [0.1, 0.15) is 136 Å². The van der Waals surface area contributed by atoms with Crippen LogP contribution in [0.4, 0.5) is 0 Å². The Bertz CT molecular complexity index is 897. The van der Waals surface area contributed by atoms with Gasteiger partial charge in [-0.15, -0.1) is 0 Å². The fourth-order valence-corrected chi connectivity index (χ4v) is 4.63. The summed E-state index contributed by atoms with van der Waals surface area (Å²) in [5, 5.41) is 3.55. The molecule has 0 aromatic heterocycles. The normalized spacial score (nSPS) is 14.3. The highest BCUT2D eigenvalue weighted by Gasteiger charge is 2.11. The monoisotopic (exact) mass is 575 g/mol. The van der Waals surface area contributed by atoms with Gasteiger partial charge in [-0.1, -0.05) is 112 Å². The summed E-state index contributed by atoms with van der Waals surface area (Å²) < 4.78 is 5.59. The first kappa shape index (κ1) is 37.2. The number of esters is 1. The van der Waals surface area contributed by atoms with Gasteiger partial charge in [0.15, 0.2) is 0 Å². The Balaban J connectivity index is 1.98. The Morgan fingerprint density at radius 3 is 1.81 bits per heavy atom. The molecule has 1 rings (SSSR count). The van der Waals surface area contributed by atoms with Crippen molar-refractivity contribution in [2.75, 3.05) is 6.54 Å². The van der Waals surface area contributed by atoms with E-state index in [-0.39, 0.29) is 5.97 Å². The van der Waals surface area contributed by atoms with Crippen molar-refractivity contribution in [3.63, 3.8) is 0 Å². The molecule has 0 saturated heterocycles. The van der Waals surface area contributed by atoms with Crippen molar-refractivity contribution in [2.24, 2.45) is 0 Å². The van der Waals surface area contributed by atoms with Gasteiger partial charge in [0.25, 0.3) is 0 Å². The summed E-state index contributed by atoms with van der Waals surface area (Å²) in [6, 6.07) is 0. The molecule has 1 N–H and O–H groups in total. The van der Waals surface area contributed by atoms with E-state index in [9.17, 15) is 4.79 Å². The second kappa shape index (κ2) is 29.7. The summed E-state index contributed by atoms with van der Waals surface area (Å²) in [6.07, 6.45) is 51.5. The third kappa shape index (κ3) is 24.9. The lowest BCUT2D eigenvalue weighted by Gasteiger charge is -2.16. The molecule has 234 valence electrons. The zero-order chi connectivity index (χ0) is 30.2. The van der Waals surface area contributed by atoms with Crippen molar-refractivity contribution in [3.8, 4) is 0 Å². The van der Waals surface area contributed by atoms with E-state index in [1.54, 1.807) is 0 Å². The molecule has 42 heavy (non-hydrogen) atoms. The third-order valence-corrected chi connectivity index (χ3v) is 7.15. The second-order valence-corrected chi connectivity index (χ2v) is 11.0. The van der Waals surface area contributed by atoms with Crippen molar-refractivity contribution in [2.45, 2.75) is 136 Å². The Morgan fingerprint density at radius 1 is 0.667 bits per heavy atom. The summed E-state index contributed by atoms with van der Waals surface area (Å²) in [7, 11) is 0. The molecule has 0 fully saturated rings. The summed E-state index contributed by atoms with van der Waals surface area (Å²) in [4.78, 5) is 12.2. The first-order valence-electron chi connectivity index (χ1n) is 17.0. The van der Waals surface area contributed by atoms with E-state index in [1.807, 2.05) is 6.08 Å². The van der Waals surface area contributed by atoms with Crippen LogP contribution >= 0.6 is 0 Å². The standard InChI is InChI=1S/C39H61NO2/c1-3-5-7-9-11-13-15-16-17-18-19-20-21-22-24-26-28-30-36-40-37-32-34-38(35-33-37)42-39(41)31-29-27-25-23-14-12-10-8-6-4-2/h4-7,11,13,16-17,19-20,22,24,32,34,40H,3,8-10,12,14-15,18,21,23,25-31,33,35-36H2,1-2H3/b6-4+,7-5-,13-11-,17-16-,20-19-,24-22-.